The van der Waals surface area contributed by atoms with Gasteiger partial charge in [0.25, 0.3) is 5.91 Å². The lowest BCUT2D eigenvalue weighted by Gasteiger charge is -2.15. The lowest BCUT2D eigenvalue weighted by atomic mass is 9.94. The van der Waals surface area contributed by atoms with Gasteiger partial charge in [-0.05, 0) is 71.3 Å². The first-order valence-electron chi connectivity index (χ1n) is 12.2. The Hall–Kier alpha value is -2.87. The van der Waals surface area contributed by atoms with Crippen LogP contribution in [0.15, 0.2) is 35.4 Å². The van der Waals surface area contributed by atoms with Crippen molar-refractivity contribution in [2.24, 2.45) is 11.0 Å². The van der Waals surface area contributed by atoms with Crippen molar-refractivity contribution in [2.45, 2.75) is 43.4 Å². The molecule has 1 unspecified atom stereocenters. The minimum Gasteiger partial charge on any atom is -0.504 e. The highest BCUT2D eigenvalue weighted by molar-refractivity contribution is 14.1. The van der Waals surface area contributed by atoms with Crippen LogP contribution in [0, 0.1) is 15.3 Å². The van der Waals surface area contributed by atoms with Crippen LogP contribution in [0.1, 0.15) is 48.0 Å². The molecule has 2 aromatic rings. The van der Waals surface area contributed by atoms with E-state index in [-0.39, 0.29) is 47.0 Å². The van der Waals surface area contributed by atoms with Gasteiger partial charge >= 0.3 is 0 Å². The van der Waals surface area contributed by atoms with Gasteiger partial charge in [0, 0.05) is 41.4 Å². The zero-order valence-electron chi connectivity index (χ0n) is 20.6. The number of amides is 3. The quantitative estimate of drug-likeness (QED) is 0.133. The third-order valence-electron chi connectivity index (χ3n) is 6.55. The van der Waals surface area contributed by atoms with Crippen molar-refractivity contribution < 1.29 is 28.6 Å². The fourth-order valence-corrected chi connectivity index (χ4v) is 6.87. The highest BCUT2D eigenvalue weighted by atomic mass is 127. The molecule has 2 heterocycles. The van der Waals surface area contributed by atoms with E-state index >= 15 is 0 Å². The molecule has 2 saturated heterocycles. The molecule has 202 valence electrons. The smallest absolute Gasteiger partial charge is 0.271 e. The normalized spacial score (nSPS) is 20.3. The Balaban J connectivity index is 1.22. The van der Waals surface area contributed by atoms with E-state index in [4.69, 9.17) is 4.74 Å². The largest absolute Gasteiger partial charge is 0.504 e. The van der Waals surface area contributed by atoms with Crippen molar-refractivity contribution in [3.8, 4) is 11.5 Å². The number of phenolic OH excluding ortho intramolecular Hbond substituents is 1. The van der Waals surface area contributed by atoms with E-state index in [2.05, 4.69) is 21.2 Å². The van der Waals surface area contributed by atoms with Gasteiger partial charge in [-0.15, -0.1) is 0 Å². The van der Waals surface area contributed by atoms with E-state index in [1.54, 1.807) is 12.1 Å². The van der Waals surface area contributed by atoms with Gasteiger partial charge in [0.15, 0.2) is 11.5 Å². The summed E-state index contributed by atoms with van der Waals surface area (Å²) in [6.45, 7) is 0. The van der Waals surface area contributed by atoms with Gasteiger partial charge in [0.2, 0.25) is 11.8 Å². The number of rotatable bonds is 10. The summed E-state index contributed by atoms with van der Waals surface area (Å²) in [5.74, 6) is 0.121. The highest BCUT2D eigenvalue weighted by Crippen LogP contribution is 2.40. The van der Waals surface area contributed by atoms with Gasteiger partial charge in [-0.2, -0.15) is 16.9 Å². The highest BCUT2D eigenvalue weighted by Gasteiger charge is 2.42. The van der Waals surface area contributed by atoms with Crippen molar-refractivity contribution in [3.05, 3.63) is 50.8 Å². The van der Waals surface area contributed by atoms with Crippen molar-refractivity contribution in [1.82, 2.24) is 10.7 Å². The predicted molar refractivity (Wildman–Crippen MR) is 152 cm³/mol. The summed E-state index contributed by atoms with van der Waals surface area (Å²) in [6.07, 6.45) is 4.72. The van der Waals surface area contributed by atoms with Crippen molar-refractivity contribution >= 4 is 64.0 Å². The Morgan fingerprint density at radius 3 is 2.89 bits per heavy atom. The van der Waals surface area contributed by atoms with E-state index in [1.807, 2.05) is 34.4 Å². The molecule has 0 aliphatic carbocycles. The summed E-state index contributed by atoms with van der Waals surface area (Å²) in [5, 5.41) is 19.8. The molecule has 0 aromatic heterocycles. The van der Waals surface area contributed by atoms with Crippen molar-refractivity contribution in [1.29, 1.82) is 0 Å². The van der Waals surface area contributed by atoms with Gasteiger partial charge in [-0.25, -0.2) is 9.82 Å². The third kappa shape index (κ3) is 6.95. The molecular formula is C26H28FIN4O5S. The van der Waals surface area contributed by atoms with Gasteiger partial charge in [-0.3, -0.25) is 14.4 Å². The number of nitrogens with zero attached hydrogens (tertiary/aromatic N) is 1. The zero-order valence-corrected chi connectivity index (χ0v) is 23.6. The topological polar surface area (TPSA) is 129 Å². The molecule has 3 atom stereocenters. The van der Waals surface area contributed by atoms with E-state index in [9.17, 15) is 23.9 Å². The molecule has 2 aromatic carbocycles. The number of unbranched alkanes of at least 4 members (excludes halogenated alkanes) is 1. The van der Waals surface area contributed by atoms with Crippen LogP contribution in [0.2, 0.25) is 0 Å². The second kappa shape index (κ2) is 12.8. The number of ether oxygens (including phenoxy) is 1. The maximum absolute atomic E-state index is 14.6. The second-order valence-electron chi connectivity index (χ2n) is 9.16. The first-order valence-corrected chi connectivity index (χ1v) is 14.3. The number of hydrazone groups is 1. The number of aromatic hydroxyl groups is 1. The molecule has 0 saturated carbocycles. The number of hydrogen-bond acceptors (Lipinski definition) is 7. The molecule has 0 spiro atoms. The average Bonchev–Trinajstić information content (AvgIpc) is 3.44. The van der Waals surface area contributed by atoms with Crippen LogP contribution < -0.4 is 20.8 Å². The van der Waals surface area contributed by atoms with E-state index in [1.165, 1.54) is 25.5 Å². The van der Waals surface area contributed by atoms with Crippen LogP contribution in [0.4, 0.5) is 10.1 Å². The van der Waals surface area contributed by atoms with E-state index in [0.717, 1.165) is 24.7 Å². The van der Waals surface area contributed by atoms with Crippen molar-refractivity contribution in [3.63, 3.8) is 0 Å². The molecule has 0 radical (unpaired) electrons. The van der Waals surface area contributed by atoms with Crippen LogP contribution in [-0.2, 0) is 9.59 Å². The summed E-state index contributed by atoms with van der Waals surface area (Å²) >= 11 is 3.84. The molecule has 2 fully saturated rings. The summed E-state index contributed by atoms with van der Waals surface area (Å²) in [6, 6.07) is 7.29. The van der Waals surface area contributed by atoms with Crippen LogP contribution >= 0.6 is 34.4 Å². The Morgan fingerprint density at radius 1 is 1.32 bits per heavy atom. The molecule has 2 aliphatic rings. The molecule has 9 nitrogen and oxygen atoms in total. The van der Waals surface area contributed by atoms with Gasteiger partial charge in [-0.1, -0.05) is 6.42 Å². The first kappa shape index (κ1) is 28.1. The lowest BCUT2D eigenvalue weighted by Crippen LogP contribution is -2.29. The maximum atomic E-state index is 14.6. The molecule has 3 amide bonds. The molecule has 2 aliphatic heterocycles. The van der Waals surface area contributed by atoms with Gasteiger partial charge in [0.05, 0.1) is 22.6 Å². The number of methoxy groups -OCH3 is 1. The average molecular weight is 655 g/mol. The molecule has 4 N–H and O–H groups in total. The van der Waals surface area contributed by atoms with Crippen LogP contribution in [0.25, 0.3) is 0 Å². The standard InChI is InChI=1S/C26H28FIN4O5S/c1-37-21-9-14(8-18(28)25(21)35)12-29-32-26(36)15-6-7-19(17(27)10-15)30-23(33)5-3-2-4-22-16-11-24(34)31-20(16)13-38-22/h6-10,12,16,20,22,35H,2-5,11,13H2,1H3,(H,30,33)(H,31,34)(H,32,36)/b29-12+/t16-,20-,22?/m0/s1. The number of nitrogens with one attached hydrogen (secondary N) is 3. The van der Waals surface area contributed by atoms with Gasteiger partial charge < -0.3 is 20.5 Å². The van der Waals surface area contributed by atoms with Crippen LogP contribution in [0.5, 0.6) is 11.5 Å². The van der Waals surface area contributed by atoms with E-state index in [0.29, 0.717) is 33.1 Å². The Labute approximate surface area is 237 Å². The monoisotopic (exact) mass is 654 g/mol. The number of carbonyl (C=O) groups is 3. The lowest BCUT2D eigenvalue weighted by molar-refractivity contribution is -0.119. The molecule has 0 bridgehead atoms. The number of phenols is 1. The fraction of sp³-hybridized carbons (Fsp3) is 0.385. The zero-order chi connectivity index (χ0) is 27.2. The number of halogens is 2. The van der Waals surface area contributed by atoms with Crippen LogP contribution in [0.3, 0.4) is 0 Å². The number of anilines is 1. The van der Waals surface area contributed by atoms with Crippen molar-refractivity contribution in [2.75, 3.05) is 18.2 Å². The Kier molecular flexibility index (Phi) is 9.47. The summed E-state index contributed by atoms with van der Waals surface area (Å²) in [4.78, 5) is 36.3. The first-order chi connectivity index (χ1) is 18.2. The second-order valence-corrected chi connectivity index (χ2v) is 11.6. The number of thioether (sulfide) groups is 1. The maximum Gasteiger partial charge on any atom is 0.271 e. The van der Waals surface area contributed by atoms with Gasteiger partial charge in [0.1, 0.15) is 5.82 Å². The molecule has 4 rings (SSSR count). The number of benzene rings is 2. The summed E-state index contributed by atoms with van der Waals surface area (Å²) in [5.41, 5.74) is 2.96. The molecular weight excluding hydrogens is 626 g/mol. The summed E-state index contributed by atoms with van der Waals surface area (Å²) in [7, 11) is 1.43. The molecule has 12 heteroatoms. The summed E-state index contributed by atoms with van der Waals surface area (Å²) < 4.78 is 20.2. The minimum atomic E-state index is -0.723. The van der Waals surface area contributed by atoms with E-state index < -0.39 is 11.7 Å². The third-order valence-corrected chi connectivity index (χ3v) is 8.94. The number of hydrogen-bond donors (Lipinski definition) is 4. The Bertz CT molecular complexity index is 1260. The molecule has 38 heavy (non-hydrogen) atoms. The SMILES string of the molecule is COc1cc(/C=N/NC(=O)c2ccc(NC(=O)CCCCC3SC[C@@H]4NC(=O)C[C@H]34)c(F)c2)cc(I)c1O. The van der Waals surface area contributed by atoms with Crippen LogP contribution in [-0.4, -0.2) is 53.2 Å². The number of carbonyl (C=O) groups excluding carboxylic acids is 3. The minimum absolute atomic E-state index is 0.00514. The fourth-order valence-electron chi connectivity index (χ4n) is 4.59. The predicted octanol–water partition coefficient (Wildman–Crippen LogP) is 4.03. The number of fused-ring (bicyclic) bond motifs is 1. The Morgan fingerprint density at radius 2 is 2.13 bits per heavy atom.